The van der Waals surface area contributed by atoms with E-state index in [1.807, 2.05) is 32.0 Å². The number of pyridine rings is 1. The van der Waals surface area contributed by atoms with Gasteiger partial charge in [0.2, 0.25) is 10.0 Å². The number of nitrogens with one attached hydrogen (secondary N) is 1. The monoisotopic (exact) mass is 285 g/mol. The Morgan fingerprint density at radius 3 is 2.68 bits per heavy atom. The van der Waals surface area contributed by atoms with Gasteiger partial charge in [0.05, 0.1) is 18.0 Å². The van der Waals surface area contributed by atoms with Gasteiger partial charge < -0.3 is 5.32 Å². The van der Waals surface area contributed by atoms with E-state index < -0.39 is 10.0 Å². The Bertz CT molecular complexity index is 448. The molecule has 0 aromatic carbocycles. The number of aromatic nitrogens is 1. The van der Waals surface area contributed by atoms with Gasteiger partial charge in [-0.1, -0.05) is 19.9 Å². The molecular formula is C13H23N3O2S. The van der Waals surface area contributed by atoms with Crippen LogP contribution in [0.5, 0.6) is 0 Å². The quantitative estimate of drug-likeness (QED) is 0.693. The maximum atomic E-state index is 12.2. The molecule has 5 nitrogen and oxygen atoms in total. The highest BCUT2D eigenvalue weighted by molar-refractivity contribution is 7.89. The molecule has 1 aromatic heterocycles. The number of rotatable bonds is 9. The molecule has 0 radical (unpaired) electrons. The minimum atomic E-state index is -3.20. The summed E-state index contributed by atoms with van der Waals surface area (Å²) in [6, 6.07) is 5.54. The average molecular weight is 285 g/mol. The zero-order chi connectivity index (χ0) is 14.1. The summed E-state index contributed by atoms with van der Waals surface area (Å²) in [5, 5.41) is 3.13. The molecule has 0 aliphatic rings. The van der Waals surface area contributed by atoms with Crippen LogP contribution in [0.3, 0.4) is 0 Å². The van der Waals surface area contributed by atoms with Gasteiger partial charge in [0.15, 0.2) is 0 Å². The molecule has 0 fully saturated rings. The van der Waals surface area contributed by atoms with E-state index in [0.29, 0.717) is 19.5 Å². The first-order chi connectivity index (χ1) is 9.10. The van der Waals surface area contributed by atoms with Crippen LogP contribution in [0.1, 0.15) is 26.0 Å². The minimum Gasteiger partial charge on any atom is -0.317 e. The standard InChI is InChI=1S/C13H23N3O2S/c1-3-14-9-7-11-19(17,18)16(4-2)12-13-8-5-6-10-15-13/h5-6,8,10,14H,3-4,7,9,11-12H2,1-2H3. The summed E-state index contributed by atoms with van der Waals surface area (Å²) in [4.78, 5) is 4.17. The van der Waals surface area contributed by atoms with E-state index in [4.69, 9.17) is 0 Å². The van der Waals surface area contributed by atoms with Crippen molar-refractivity contribution in [1.82, 2.24) is 14.6 Å². The largest absolute Gasteiger partial charge is 0.317 e. The zero-order valence-electron chi connectivity index (χ0n) is 11.7. The van der Waals surface area contributed by atoms with E-state index in [1.165, 1.54) is 4.31 Å². The van der Waals surface area contributed by atoms with Crippen molar-refractivity contribution < 1.29 is 8.42 Å². The molecular weight excluding hydrogens is 262 g/mol. The van der Waals surface area contributed by atoms with Crippen LogP contribution in [0.2, 0.25) is 0 Å². The molecule has 1 N–H and O–H groups in total. The fourth-order valence-electron chi connectivity index (χ4n) is 1.76. The van der Waals surface area contributed by atoms with E-state index in [2.05, 4.69) is 10.3 Å². The third-order valence-corrected chi connectivity index (χ3v) is 4.80. The smallest absolute Gasteiger partial charge is 0.214 e. The van der Waals surface area contributed by atoms with E-state index in [1.54, 1.807) is 6.20 Å². The summed E-state index contributed by atoms with van der Waals surface area (Å²) < 4.78 is 25.9. The first-order valence-corrected chi connectivity index (χ1v) is 8.29. The van der Waals surface area contributed by atoms with Gasteiger partial charge in [-0.05, 0) is 31.6 Å². The third kappa shape index (κ3) is 5.67. The van der Waals surface area contributed by atoms with Gasteiger partial charge in [0, 0.05) is 12.7 Å². The number of hydrogen-bond acceptors (Lipinski definition) is 4. The summed E-state index contributed by atoms with van der Waals surface area (Å²) in [5.74, 6) is 0.181. The number of nitrogens with zero attached hydrogens (tertiary/aromatic N) is 2. The molecule has 1 aromatic rings. The molecule has 1 heterocycles. The van der Waals surface area contributed by atoms with Crippen LogP contribution in [0.25, 0.3) is 0 Å². The highest BCUT2D eigenvalue weighted by atomic mass is 32.2. The number of sulfonamides is 1. The topological polar surface area (TPSA) is 62.3 Å². The predicted octanol–water partition coefficient (Wildman–Crippen LogP) is 1.23. The first-order valence-electron chi connectivity index (χ1n) is 6.68. The van der Waals surface area contributed by atoms with Crippen molar-refractivity contribution in [3.05, 3.63) is 30.1 Å². The van der Waals surface area contributed by atoms with Crippen LogP contribution in [0, 0.1) is 0 Å². The second-order valence-electron chi connectivity index (χ2n) is 4.27. The Kier molecular flexibility index (Phi) is 6.97. The molecule has 0 spiro atoms. The van der Waals surface area contributed by atoms with Gasteiger partial charge in [0.1, 0.15) is 0 Å². The van der Waals surface area contributed by atoms with Crippen LogP contribution in [0.4, 0.5) is 0 Å². The molecule has 0 saturated carbocycles. The van der Waals surface area contributed by atoms with E-state index in [-0.39, 0.29) is 5.75 Å². The molecule has 0 atom stereocenters. The lowest BCUT2D eigenvalue weighted by Crippen LogP contribution is -2.33. The second kappa shape index (κ2) is 8.24. The lowest BCUT2D eigenvalue weighted by atomic mass is 10.3. The maximum absolute atomic E-state index is 12.2. The molecule has 0 aliphatic heterocycles. The van der Waals surface area contributed by atoms with Crippen LogP contribution < -0.4 is 5.32 Å². The van der Waals surface area contributed by atoms with E-state index >= 15 is 0 Å². The molecule has 1 rings (SSSR count). The number of hydrogen-bond donors (Lipinski definition) is 1. The fraction of sp³-hybridized carbons (Fsp3) is 0.615. The van der Waals surface area contributed by atoms with Crippen LogP contribution in [-0.2, 0) is 16.6 Å². The third-order valence-electron chi connectivity index (χ3n) is 2.82. The normalized spacial score (nSPS) is 11.9. The summed E-state index contributed by atoms with van der Waals surface area (Å²) in [6.07, 6.45) is 2.32. The van der Waals surface area contributed by atoms with Crippen LogP contribution >= 0.6 is 0 Å². The van der Waals surface area contributed by atoms with Crippen molar-refractivity contribution in [2.75, 3.05) is 25.4 Å². The van der Waals surface area contributed by atoms with Gasteiger partial charge in [-0.15, -0.1) is 0 Å². The minimum absolute atomic E-state index is 0.181. The molecule has 19 heavy (non-hydrogen) atoms. The average Bonchev–Trinajstić information content (AvgIpc) is 2.42. The van der Waals surface area contributed by atoms with Crippen molar-refractivity contribution in [3.63, 3.8) is 0 Å². The lowest BCUT2D eigenvalue weighted by molar-refractivity contribution is 0.418. The molecule has 0 aliphatic carbocycles. The predicted molar refractivity (Wildman–Crippen MR) is 77.3 cm³/mol. The Labute approximate surface area is 116 Å². The summed E-state index contributed by atoms with van der Waals surface area (Å²) in [5.41, 5.74) is 0.777. The van der Waals surface area contributed by atoms with Crippen molar-refractivity contribution in [2.24, 2.45) is 0 Å². The first kappa shape index (κ1) is 16.1. The van der Waals surface area contributed by atoms with Gasteiger partial charge in [-0.3, -0.25) is 4.98 Å². The Hall–Kier alpha value is -0.980. The molecule has 0 unspecified atom stereocenters. The Morgan fingerprint density at radius 2 is 2.11 bits per heavy atom. The van der Waals surface area contributed by atoms with E-state index in [9.17, 15) is 8.42 Å². The Balaban J connectivity index is 2.57. The highest BCUT2D eigenvalue weighted by Gasteiger charge is 2.20. The maximum Gasteiger partial charge on any atom is 0.214 e. The molecule has 6 heteroatoms. The zero-order valence-corrected chi connectivity index (χ0v) is 12.5. The molecule has 0 bridgehead atoms. The SMILES string of the molecule is CCNCCCS(=O)(=O)N(CC)Cc1ccccn1. The van der Waals surface area contributed by atoms with Crippen molar-refractivity contribution in [3.8, 4) is 0 Å². The van der Waals surface area contributed by atoms with Gasteiger partial charge in [-0.25, -0.2) is 8.42 Å². The molecule has 0 amide bonds. The summed E-state index contributed by atoms with van der Waals surface area (Å²) in [6.45, 7) is 6.28. The van der Waals surface area contributed by atoms with Gasteiger partial charge >= 0.3 is 0 Å². The van der Waals surface area contributed by atoms with Gasteiger partial charge in [0.25, 0.3) is 0 Å². The lowest BCUT2D eigenvalue weighted by Gasteiger charge is -2.20. The van der Waals surface area contributed by atoms with Crippen molar-refractivity contribution in [1.29, 1.82) is 0 Å². The van der Waals surface area contributed by atoms with Crippen LogP contribution in [0.15, 0.2) is 24.4 Å². The van der Waals surface area contributed by atoms with Crippen molar-refractivity contribution in [2.45, 2.75) is 26.8 Å². The van der Waals surface area contributed by atoms with Crippen molar-refractivity contribution >= 4 is 10.0 Å². The Morgan fingerprint density at radius 1 is 1.32 bits per heavy atom. The summed E-state index contributed by atoms with van der Waals surface area (Å²) in [7, 11) is -3.20. The second-order valence-corrected chi connectivity index (χ2v) is 6.36. The summed E-state index contributed by atoms with van der Waals surface area (Å²) >= 11 is 0. The van der Waals surface area contributed by atoms with E-state index in [0.717, 1.165) is 18.8 Å². The van der Waals surface area contributed by atoms with Crippen LogP contribution in [-0.4, -0.2) is 43.1 Å². The fourth-order valence-corrected chi connectivity index (χ4v) is 3.25. The van der Waals surface area contributed by atoms with Gasteiger partial charge in [-0.2, -0.15) is 4.31 Å². The molecule has 108 valence electrons. The highest BCUT2D eigenvalue weighted by Crippen LogP contribution is 2.08. The molecule has 0 saturated heterocycles.